The summed E-state index contributed by atoms with van der Waals surface area (Å²) in [6.45, 7) is 3.75. The lowest BCUT2D eigenvalue weighted by Crippen LogP contribution is -2.38. The maximum absolute atomic E-state index is 11.9. The zero-order valence-corrected chi connectivity index (χ0v) is 15.2. The number of benzene rings is 1. The number of nitrogens with one attached hydrogen (secondary N) is 3. The first kappa shape index (κ1) is 18.9. The lowest BCUT2D eigenvalue weighted by atomic mass is 10.2. The summed E-state index contributed by atoms with van der Waals surface area (Å²) in [5, 5.41) is 9.99. The zero-order chi connectivity index (χ0) is 18.1. The summed E-state index contributed by atoms with van der Waals surface area (Å²) in [5.41, 5.74) is 1.95. The van der Waals surface area contributed by atoms with Crippen molar-refractivity contribution in [3.63, 3.8) is 0 Å². The number of halogens is 1. The van der Waals surface area contributed by atoms with Crippen LogP contribution in [0.5, 0.6) is 0 Å². The molecule has 134 valence electrons. The smallest absolute Gasteiger partial charge is 0.287 e. The van der Waals surface area contributed by atoms with Gasteiger partial charge in [-0.2, -0.15) is 0 Å². The molecule has 7 heteroatoms. The number of hydrogen-bond acceptors (Lipinski definition) is 3. The van der Waals surface area contributed by atoms with Gasteiger partial charge in [0, 0.05) is 37.3 Å². The van der Waals surface area contributed by atoms with Crippen LogP contribution in [0.4, 0.5) is 0 Å². The predicted octanol–water partition coefficient (Wildman–Crippen LogP) is 2.73. The molecule has 0 atom stereocenters. The Labute approximate surface area is 152 Å². The highest BCUT2D eigenvalue weighted by Gasteiger charge is 2.11. The van der Waals surface area contributed by atoms with Gasteiger partial charge in [0.1, 0.15) is 0 Å². The van der Waals surface area contributed by atoms with Crippen molar-refractivity contribution in [1.82, 2.24) is 16.0 Å². The lowest BCUT2D eigenvalue weighted by molar-refractivity contribution is 0.0925. The third kappa shape index (κ3) is 6.15. The van der Waals surface area contributed by atoms with Crippen LogP contribution < -0.4 is 16.0 Å². The molecule has 0 aliphatic heterocycles. The Balaban J connectivity index is 1.63. The monoisotopic (exact) mass is 362 g/mol. The highest BCUT2D eigenvalue weighted by atomic mass is 35.5. The molecule has 2 rings (SSSR count). The minimum Gasteiger partial charge on any atom is -0.459 e. The van der Waals surface area contributed by atoms with E-state index in [1.54, 1.807) is 13.1 Å². The first-order valence-electron chi connectivity index (χ1n) is 8.11. The van der Waals surface area contributed by atoms with Crippen LogP contribution in [0.15, 0.2) is 46.0 Å². The number of nitrogens with zero attached hydrogens (tertiary/aromatic N) is 1. The number of rotatable bonds is 7. The fraction of sp³-hybridized carbons (Fsp3) is 0.333. The van der Waals surface area contributed by atoms with E-state index in [0.29, 0.717) is 31.4 Å². The molecule has 0 saturated carbocycles. The molecule has 0 spiro atoms. The van der Waals surface area contributed by atoms with Crippen LogP contribution in [-0.4, -0.2) is 32.0 Å². The molecule has 3 N–H and O–H groups in total. The van der Waals surface area contributed by atoms with Gasteiger partial charge in [-0.25, -0.2) is 0 Å². The molecule has 0 aliphatic rings. The van der Waals surface area contributed by atoms with Crippen LogP contribution in [0.3, 0.4) is 0 Å². The quantitative estimate of drug-likeness (QED) is 0.402. The number of aryl methyl sites for hydroxylation is 1. The maximum atomic E-state index is 11.9. The van der Waals surface area contributed by atoms with Gasteiger partial charge in [-0.15, -0.1) is 0 Å². The average molecular weight is 363 g/mol. The SMILES string of the molecule is CN=C(NCCCNC(=O)c1occc1C)NCc1ccc(Cl)cc1. The molecule has 0 unspecified atom stereocenters. The van der Waals surface area contributed by atoms with Crippen molar-refractivity contribution in [3.05, 3.63) is 58.5 Å². The van der Waals surface area contributed by atoms with Gasteiger partial charge < -0.3 is 20.4 Å². The summed E-state index contributed by atoms with van der Waals surface area (Å²) in [5.74, 6) is 0.893. The van der Waals surface area contributed by atoms with Crippen LogP contribution >= 0.6 is 11.6 Å². The number of aliphatic imine (C=N–C) groups is 1. The van der Waals surface area contributed by atoms with Gasteiger partial charge in [-0.1, -0.05) is 23.7 Å². The van der Waals surface area contributed by atoms with Gasteiger partial charge in [0.2, 0.25) is 0 Å². The Kier molecular flexibility index (Phi) is 7.35. The fourth-order valence-corrected chi connectivity index (χ4v) is 2.32. The summed E-state index contributed by atoms with van der Waals surface area (Å²) in [6, 6.07) is 9.42. The van der Waals surface area contributed by atoms with Crippen LogP contribution in [0.25, 0.3) is 0 Å². The van der Waals surface area contributed by atoms with Crippen molar-refractivity contribution in [3.8, 4) is 0 Å². The number of carbonyl (C=O) groups excluding carboxylic acids is 1. The molecule has 1 aromatic heterocycles. The van der Waals surface area contributed by atoms with Crippen LogP contribution in [-0.2, 0) is 6.54 Å². The second-order valence-electron chi connectivity index (χ2n) is 5.52. The Morgan fingerprint density at radius 2 is 1.84 bits per heavy atom. The van der Waals surface area contributed by atoms with Crippen molar-refractivity contribution in [1.29, 1.82) is 0 Å². The number of carbonyl (C=O) groups is 1. The molecular weight excluding hydrogens is 340 g/mol. The van der Waals surface area contributed by atoms with E-state index in [0.717, 1.165) is 22.6 Å². The van der Waals surface area contributed by atoms with Crippen molar-refractivity contribution >= 4 is 23.5 Å². The number of guanidine groups is 1. The average Bonchev–Trinajstić information content (AvgIpc) is 3.04. The van der Waals surface area contributed by atoms with Gasteiger partial charge in [-0.05, 0) is 37.1 Å². The van der Waals surface area contributed by atoms with Crippen molar-refractivity contribution in [2.45, 2.75) is 19.9 Å². The summed E-state index contributed by atoms with van der Waals surface area (Å²) in [4.78, 5) is 16.1. The Hall–Kier alpha value is -2.47. The topological polar surface area (TPSA) is 78.7 Å². The fourth-order valence-electron chi connectivity index (χ4n) is 2.19. The zero-order valence-electron chi connectivity index (χ0n) is 14.4. The van der Waals surface area contributed by atoms with Crippen molar-refractivity contribution in [2.24, 2.45) is 4.99 Å². The minimum atomic E-state index is -0.187. The van der Waals surface area contributed by atoms with E-state index in [9.17, 15) is 4.79 Å². The third-order valence-electron chi connectivity index (χ3n) is 3.60. The first-order valence-corrected chi connectivity index (χ1v) is 8.49. The normalized spacial score (nSPS) is 11.2. The van der Waals surface area contributed by atoms with E-state index in [-0.39, 0.29) is 5.91 Å². The standard InChI is InChI=1S/C18H23ClN4O2/c1-13-8-11-25-16(13)17(24)21-9-3-10-22-18(20-2)23-12-14-4-6-15(19)7-5-14/h4-8,11H,3,9-10,12H2,1-2H3,(H,21,24)(H2,20,22,23). The van der Waals surface area contributed by atoms with E-state index in [1.165, 1.54) is 6.26 Å². The molecule has 0 bridgehead atoms. The van der Waals surface area contributed by atoms with Gasteiger partial charge in [0.15, 0.2) is 11.7 Å². The Morgan fingerprint density at radius 1 is 1.12 bits per heavy atom. The molecule has 1 aromatic carbocycles. The summed E-state index contributed by atoms with van der Waals surface area (Å²) in [6.07, 6.45) is 2.29. The van der Waals surface area contributed by atoms with E-state index in [2.05, 4.69) is 20.9 Å². The predicted molar refractivity (Wildman–Crippen MR) is 100 cm³/mol. The second kappa shape index (κ2) is 9.74. The number of amides is 1. The van der Waals surface area contributed by atoms with E-state index in [4.69, 9.17) is 16.0 Å². The van der Waals surface area contributed by atoms with Crippen LogP contribution in [0, 0.1) is 6.92 Å². The van der Waals surface area contributed by atoms with E-state index in [1.807, 2.05) is 31.2 Å². The van der Waals surface area contributed by atoms with Crippen molar-refractivity contribution in [2.75, 3.05) is 20.1 Å². The second-order valence-corrected chi connectivity index (χ2v) is 5.96. The summed E-state index contributed by atoms with van der Waals surface area (Å²) >= 11 is 5.87. The van der Waals surface area contributed by atoms with E-state index >= 15 is 0 Å². The number of furan rings is 1. The molecule has 0 aliphatic carbocycles. The minimum absolute atomic E-state index is 0.187. The van der Waals surface area contributed by atoms with Crippen LogP contribution in [0.2, 0.25) is 5.02 Å². The molecule has 0 saturated heterocycles. The number of hydrogen-bond donors (Lipinski definition) is 3. The van der Waals surface area contributed by atoms with Gasteiger partial charge in [-0.3, -0.25) is 9.79 Å². The molecule has 6 nitrogen and oxygen atoms in total. The third-order valence-corrected chi connectivity index (χ3v) is 3.85. The maximum Gasteiger partial charge on any atom is 0.287 e. The first-order chi connectivity index (χ1) is 12.1. The Morgan fingerprint density at radius 3 is 2.48 bits per heavy atom. The molecular formula is C18H23ClN4O2. The molecule has 0 fully saturated rings. The molecule has 2 aromatic rings. The van der Waals surface area contributed by atoms with Gasteiger partial charge >= 0.3 is 0 Å². The molecule has 1 heterocycles. The van der Waals surface area contributed by atoms with Gasteiger partial charge in [0.25, 0.3) is 5.91 Å². The molecule has 1 amide bonds. The van der Waals surface area contributed by atoms with Crippen LogP contribution in [0.1, 0.15) is 28.1 Å². The Bertz CT molecular complexity index is 710. The largest absolute Gasteiger partial charge is 0.459 e. The van der Waals surface area contributed by atoms with Crippen molar-refractivity contribution < 1.29 is 9.21 Å². The van der Waals surface area contributed by atoms with E-state index < -0.39 is 0 Å². The summed E-state index contributed by atoms with van der Waals surface area (Å²) in [7, 11) is 1.72. The molecule has 25 heavy (non-hydrogen) atoms. The molecule has 0 radical (unpaired) electrons. The highest BCUT2D eigenvalue weighted by molar-refractivity contribution is 6.30. The highest BCUT2D eigenvalue weighted by Crippen LogP contribution is 2.09. The van der Waals surface area contributed by atoms with Gasteiger partial charge in [0.05, 0.1) is 6.26 Å². The lowest BCUT2D eigenvalue weighted by Gasteiger charge is -2.12. The summed E-state index contributed by atoms with van der Waals surface area (Å²) < 4.78 is 5.16.